The predicted octanol–water partition coefficient (Wildman–Crippen LogP) is 0.737. The zero-order valence-electron chi connectivity index (χ0n) is 14.5. The van der Waals surface area contributed by atoms with Gasteiger partial charge in [0.25, 0.3) is 0 Å². The van der Waals surface area contributed by atoms with Crippen molar-refractivity contribution in [1.82, 2.24) is 0 Å². The van der Waals surface area contributed by atoms with Crippen LogP contribution < -0.4 is 5.32 Å². The van der Waals surface area contributed by atoms with Crippen molar-refractivity contribution in [2.75, 3.05) is 25.6 Å². The zero-order valence-corrected chi connectivity index (χ0v) is 14.5. The molecule has 0 aromatic heterocycles. The van der Waals surface area contributed by atoms with Crippen molar-refractivity contribution >= 4 is 17.3 Å². The van der Waals surface area contributed by atoms with Gasteiger partial charge in [-0.2, -0.15) is 0 Å². The Bertz CT molecular complexity index is 825. The van der Waals surface area contributed by atoms with Crippen LogP contribution in [0.4, 0.5) is 5.69 Å². The molecule has 0 amide bonds. The number of hydrogen-bond acceptors (Lipinski definition) is 8. The molecule has 0 heterocycles. The molecule has 0 aliphatic heterocycles. The highest BCUT2D eigenvalue weighted by Gasteiger charge is 2.46. The molecule has 3 rings (SSSR count). The lowest BCUT2D eigenvalue weighted by atomic mass is 9.71. The minimum Gasteiger partial charge on any atom is -0.507 e. The summed E-state index contributed by atoms with van der Waals surface area (Å²) >= 11 is 0. The molecule has 0 radical (unpaired) electrons. The van der Waals surface area contributed by atoms with Crippen LogP contribution in [0.3, 0.4) is 0 Å². The van der Waals surface area contributed by atoms with Crippen LogP contribution in [0, 0.1) is 0 Å². The highest BCUT2D eigenvalue weighted by atomic mass is 16.5. The summed E-state index contributed by atoms with van der Waals surface area (Å²) in [7, 11) is 1.50. The molecule has 8 heteroatoms. The van der Waals surface area contributed by atoms with Gasteiger partial charge < -0.3 is 30.5 Å². The number of anilines is 1. The SMILES string of the molecule is COCCNc1cc(O)c2c(c1O)C(=O)C1=C(C2=O)[C@@H](O)C[C@@](C)(O)C1. The van der Waals surface area contributed by atoms with Crippen molar-refractivity contribution in [2.24, 2.45) is 0 Å². The van der Waals surface area contributed by atoms with Crippen LogP contribution in [0.25, 0.3) is 0 Å². The number of phenols is 2. The Labute approximate surface area is 149 Å². The number of aliphatic hydroxyl groups excluding tert-OH is 1. The van der Waals surface area contributed by atoms with E-state index >= 15 is 0 Å². The number of nitrogens with one attached hydrogen (secondary N) is 1. The van der Waals surface area contributed by atoms with Gasteiger partial charge in [-0.1, -0.05) is 0 Å². The third kappa shape index (κ3) is 2.86. The lowest BCUT2D eigenvalue weighted by molar-refractivity contribution is 0.00374. The largest absolute Gasteiger partial charge is 0.507 e. The molecule has 5 N–H and O–H groups in total. The Kier molecular flexibility index (Phi) is 4.51. The normalized spacial score (nSPS) is 25.2. The summed E-state index contributed by atoms with van der Waals surface area (Å²) in [5.41, 5.74) is -2.06. The van der Waals surface area contributed by atoms with E-state index in [1.165, 1.54) is 14.0 Å². The molecule has 140 valence electrons. The van der Waals surface area contributed by atoms with Gasteiger partial charge >= 0.3 is 0 Å². The molecule has 2 aliphatic rings. The summed E-state index contributed by atoms with van der Waals surface area (Å²) in [6, 6.07) is 1.16. The number of methoxy groups -OCH3 is 1. The Hall–Kier alpha value is -2.42. The Morgan fingerprint density at radius 2 is 1.96 bits per heavy atom. The average Bonchev–Trinajstić information content (AvgIpc) is 2.54. The number of benzene rings is 1. The van der Waals surface area contributed by atoms with Gasteiger partial charge in [-0.05, 0) is 6.92 Å². The first kappa shape index (κ1) is 18.4. The van der Waals surface area contributed by atoms with Crippen LogP contribution in [0.15, 0.2) is 17.2 Å². The fourth-order valence-corrected chi connectivity index (χ4v) is 3.58. The van der Waals surface area contributed by atoms with E-state index in [0.29, 0.717) is 13.2 Å². The quantitative estimate of drug-likeness (QED) is 0.300. The van der Waals surface area contributed by atoms with Crippen molar-refractivity contribution in [2.45, 2.75) is 31.5 Å². The molecule has 26 heavy (non-hydrogen) atoms. The maximum Gasteiger partial charge on any atom is 0.196 e. The van der Waals surface area contributed by atoms with Gasteiger partial charge in [0.1, 0.15) is 5.75 Å². The highest BCUT2D eigenvalue weighted by molar-refractivity contribution is 6.30. The predicted molar refractivity (Wildman–Crippen MR) is 91.7 cm³/mol. The molecule has 2 atom stereocenters. The van der Waals surface area contributed by atoms with Gasteiger partial charge in [-0.3, -0.25) is 9.59 Å². The number of aromatic hydroxyl groups is 2. The molecule has 0 saturated carbocycles. The van der Waals surface area contributed by atoms with Gasteiger partial charge in [0.15, 0.2) is 17.3 Å². The lowest BCUT2D eigenvalue weighted by Crippen LogP contribution is -2.42. The number of ketones is 2. The van der Waals surface area contributed by atoms with Crippen LogP contribution in [0.2, 0.25) is 0 Å². The number of rotatable bonds is 4. The Morgan fingerprint density at radius 3 is 2.62 bits per heavy atom. The second kappa shape index (κ2) is 6.39. The number of ether oxygens (including phenoxy) is 1. The number of phenolic OH excluding ortho intramolecular Hbond substituents is 2. The van der Waals surface area contributed by atoms with Crippen molar-refractivity contribution in [3.8, 4) is 11.5 Å². The lowest BCUT2D eigenvalue weighted by Gasteiger charge is -2.36. The second-order valence-electron chi connectivity index (χ2n) is 6.91. The zero-order chi connectivity index (χ0) is 19.2. The number of carbonyl (C=O) groups is 2. The fourth-order valence-electron chi connectivity index (χ4n) is 3.58. The summed E-state index contributed by atoms with van der Waals surface area (Å²) in [6.07, 6.45) is -1.53. The van der Waals surface area contributed by atoms with Crippen LogP contribution in [0.1, 0.15) is 40.5 Å². The molecule has 8 nitrogen and oxygen atoms in total. The van der Waals surface area contributed by atoms with E-state index in [-0.39, 0.29) is 40.8 Å². The molecule has 0 bridgehead atoms. The molecule has 0 fully saturated rings. The highest BCUT2D eigenvalue weighted by Crippen LogP contribution is 2.46. The average molecular weight is 363 g/mol. The summed E-state index contributed by atoms with van der Waals surface area (Å²) in [6.45, 7) is 2.10. The first-order chi connectivity index (χ1) is 12.2. The first-order valence-corrected chi connectivity index (χ1v) is 8.22. The van der Waals surface area contributed by atoms with E-state index in [0.717, 1.165) is 6.07 Å². The maximum absolute atomic E-state index is 12.9. The molecular formula is C18H21NO7. The van der Waals surface area contributed by atoms with E-state index in [1.807, 2.05) is 0 Å². The van der Waals surface area contributed by atoms with Crippen molar-refractivity contribution in [3.63, 3.8) is 0 Å². The van der Waals surface area contributed by atoms with Gasteiger partial charge in [0.2, 0.25) is 0 Å². The molecule has 1 aromatic rings. The van der Waals surface area contributed by atoms with Gasteiger partial charge in [-0.15, -0.1) is 0 Å². The maximum atomic E-state index is 12.9. The molecule has 0 spiro atoms. The summed E-state index contributed by atoms with van der Waals surface area (Å²) in [4.78, 5) is 25.7. The molecule has 0 saturated heterocycles. The second-order valence-corrected chi connectivity index (χ2v) is 6.91. The monoisotopic (exact) mass is 363 g/mol. The van der Waals surface area contributed by atoms with Gasteiger partial charge in [0.05, 0.1) is 35.1 Å². The Morgan fingerprint density at radius 1 is 1.27 bits per heavy atom. The van der Waals surface area contributed by atoms with Crippen LogP contribution >= 0.6 is 0 Å². The van der Waals surface area contributed by atoms with Gasteiger partial charge in [0, 0.05) is 43.7 Å². The number of Topliss-reactive ketones (excluding diaryl/α,β-unsaturated/α-hetero) is 2. The van der Waals surface area contributed by atoms with E-state index < -0.39 is 34.8 Å². The van der Waals surface area contributed by atoms with E-state index in [1.54, 1.807) is 0 Å². The van der Waals surface area contributed by atoms with Crippen molar-refractivity contribution in [3.05, 3.63) is 28.3 Å². The van der Waals surface area contributed by atoms with E-state index in [2.05, 4.69) is 5.32 Å². The smallest absolute Gasteiger partial charge is 0.196 e. The topological polar surface area (TPSA) is 136 Å². The van der Waals surface area contributed by atoms with Crippen molar-refractivity contribution < 1.29 is 34.8 Å². The van der Waals surface area contributed by atoms with Crippen LogP contribution in [-0.2, 0) is 4.74 Å². The Balaban J connectivity index is 2.13. The van der Waals surface area contributed by atoms with E-state index in [4.69, 9.17) is 4.74 Å². The summed E-state index contributed by atoms with van der Waals surface area (Å²) in [5.74, 6) is -2.32. The van der Waals surface area contributed by atoms with Crippen LogP contribution in [0.5, 0.6) is 11.5 Å². The number of carbonyl (C=O) groups excluding carboxylic acids is 2. The third-order valence-corrected chi connectivity index (χ3v) is 4.72. The number of fused-ring (bicyclic) bond motifs is 1. The standard InChI is InChI=1S/C18H21NO7/c1-18(25)6-8-12(11(21)7-18)17(24)13-10(20)5-9(19-3-4-26-2)16(23)14(13)15(8)22/h5,11,19-21,23,25H,3-4,6-7H2,1-2H3/t11-,18-/m0/s1. The minimum atomic E-state index is -1.35. The first-order valence-electron chi connectivity index (χ1n) is 8.22. The summed E-state index contributed by atoms with van der Waals surface area (Å²) in [5, 5.41) is 44.1. The van der Waals surface area contributed by atoms with Gasteiger partial charge in [-0.25, -0.2) is 0 Å². The van der Waals surface area contributed by atoms with Crippen LogP contribution in [-0.4, -0.2) is 64.0 Å². The molecule has 2 aliphatic carbocycles. The van der Waals surface area contributed by atoms with E-state index in [9.17, 15) is 30.0 Å². The molecular weight excluding hydrogens is 342 g/mol. The number of hydrogen-bond donors (Lipinski definition) is 5. The van der Waals surface area contributed by atoms with Crippen molar-refractivity contribution in [1.29, 1.82) is 0 Å². The minimum absolute atomic E-state index is 0.0324. The number of aliphatic hydroxyl groups is 2. The molecule has 0 unspecified atom stereocenters. The third-order valence-electron chi connectivity index (χ3n) is 4.72. The molecule has 1 aromatic carbocycles. The fraction of sp³-hybridized carbons (Fsp3) is 0.444. The summed E-state index contributed by atoms with van der Waals surface area (Å²) < 4.78 is 4.90.